The summed E-state index contributed by atoms with van der Waals surface area (Å²) in [6.45, 7) is 10.6. The summed E-state index contributed by atoms with van der Waals surface area (Å²) in [5, 5.41) is 2.87. The number of hydrogen-bond acceptors (Lipinski definition) is 4. The van der Waals surface area contributed by atoms with Crippen LogP contribution in [0.3, 0.4) is 0 Å². The zero-order valence-corrected chi connectivity index (χ0v) is 18.6. The molecule has 2 aromatic carbocycles. The van der Waals surface area contributed by atoms with E-state index in [1.54, 1.807) is 12.1 Å². The lowest BCUT2D eigenvalue weighted by atomic mass is 10.1. The van der Waals surface area contributed by atoms with Crippen molar-refractivity contribution in [3.63, 3.8) is 0 Å². The van der Waals surface area contributed by atoms with Gasteiger partial charge in [0.15, 0.2) is 0 Å². The Bertz CT molecular complexity index is 950. The number of benzene rings is 2. The number of nitrogens with one attached hydrogen (secondary N) is 1. The third kappa shape index (κ3) is 5.58. The maximum absolute atomic E-state index is 12.9. The minimum absolute atomic E-state index is 0.192. The van der Waals surface area contributed by atoms with Crippen molar-refractivity contribution in [1.82, 2.24) is 4.31 Å². The van der Waals surface area contributed by atoms with Gasteiger partial charge in [0.2, 0.25) is 15.9 Å². The van der Waals surface area contributed by atoms with Crippen molar-refractivity contribution in [3.8, 4) is 5.75 Å². The zero-order valence-electron chi connectivity index (χ0n) is 17.8. The molecule has 0 aliphatic heterocycles. The third-order valence-corrected chi connectivity index (χ3v) is 6.88. The zero-order chi connectivity index (χ0) is 21.6. The van der Waals surface area contributed by atoms with E-state index in [-0.39, 0.29) is 17.2 Å². The van der Waals surface area contributed by atoms with Gasteiger partial charge in [-0.25, -0.2) is 8.42 Å². The van der Waals surface area contributed by atoms with Crippen LogP contribution in [-0.4, -0.2) is 38.3 Å². The predicted molar refractivity (Wildman–Crippen MR) is 116 cm³/mol. The molecule has 0 saturated carbocycles. The minimum Gasteiger partial charge on any atom is -0.494 e. The second-order valence-electron chi connectivity index (χ2n) is 6.80. The number of rotatable bonds is 9. The molecule has 0 aromatic heterocycles. The summed E-state index contributed by atoms with van der Waals surface area (Å²) in [4.78, 5) is 12.8. The highest BCUT2D eigenvalue weighted by Gasteiger charge is 2.23. The Morgan fingerprint density at radius 1 is 1.03 bits per heavy atom. The Labute approximate surface area is 173 Å². The molecule has 0 atom stereocenters. The quantitative estimate of drug-likeness (QED) is 0.670. The summed E-state index contributed by atoms with van der Waals surface area (Å²) in [6, 6.07) is 10.6. The summed E-state index contributed by atoms with van der Waals surface area (Å²) in [6.07, 6.45) is 0.192. The molecule has 0 aliphatic carbocycles. The number of aryl methyl sites for hydroxylation is 1. The van der Waals surface area contributed by atoms with E-state index in [9.17, 15) is 13.2 Å². The smallest absolute Gasteiger partial charge is 0.243 e. The monoisotopic (exact) mass is 418 g/mol. The van der Waals surface area contributed by atoms with Crippen molar-refractivity contribution < 1.29 is 17.9 Å². The number of hydrogen-bond donors (Lipinski definition) is 1. The summed E-state index contributed by atoms with van der Waals surface area (Å²) in [5.74, 6) is 0.562. The van der Waals surface area contributed by atoms with E-state index < -0.39 is 10.0 Å². The first-order chi connectivity index (χ1) is 13.7. The number of nitrogens with zero attached hydrogens (tertiary/aromatic N) is 1. The van der Waals surface area contributed by atoms with Crippen LogP contribution in [0.1, 0.15) is 37.5 Å². The minimum atomic E-state index is -3.60. The van der Waals surface area contributed by atoms with Crippen molar-refractivity contribution in [3.05, 3.63) is 53.1 Å². The average Bonchev–Trinajstić information content (AvgIpc) is 2.67. The predicted octanol–water partition coefficient (Wildman–Crippen LogP) is 3.91. The molecule has 1 N–H and O–H groups in total. The van der Waals surface area contributed by atoms with Gasteiger partial charge in [0, 0.05) is 18.8 Å². The first-order valence-corrected chi connectivity index (χ1v) is 11.3. The van der Waals surface area contributed by atoms with E-state index in [0.717, 1.165) is 22.4 Å². The molecule has 7 heteroatoms. The second kappa shape index (κ2) is 9.89. The van der Waals surface area contributed by atoms with Gasteiger partial charge in [-0.2, -0.15) is 4.31 Å². The molecule has 0 unspecified atom stereocenters. The van der Waals surface area contributed by atoms with Gasteiger partial charge >= 0.3 is 0 Å². The average molecular weight is 419 g/mol. The molecule has 6 nitrogen and oxygen atoms in total. The molecule has 0 heterocycles. The van der Waals surface area contributed by atoms with Crippen LogP contribution in [0.15, 0.2) is 41.3 Å². The lowest BCUT2D eigenvalue weighted by Crippen LogP contribution is -2.30. The van der Waals surface area contributed by atoms with Crippen molar-refractivity contribution in [1.29, 1.82) is 0 Å². The van der Waals surface area contributed by atoms with Crippen molar-refractivity contribution in [2.24, 2.45) is 0 Å². The van der Waals surface area contributed by atoms with Crippen LogP contribution >= 0.6 is 0 Å². The van der Waals surface area contributed by atoms with Crippen LogP contribution < -0.4 is 10.1 Å². The molecule has 0 aliphatic rings. The van der Waals surface area contributed by atoms with Crippen LogP contribution in [0, 0.1) is 13.8 Å². The maximum atomic E-state index is 12.9. The Balaban J connectivity index is 2.23. The lowest BCUT2D eigenvalue weighted by Gasteiger charge is -2.20. The van der Waals surface area contributed by atoms with E-state index >= 15 is 0 Å². The van der Waals surface area contributed by atoms with Gasteiger partial charge in [-0.1, -0.05) is 26.0 Å². The van der Waals surface area contributed by atoms with Gasteiger partial charge in [-0.3, -0.25) is 4.79 Å². The number of carbonyl (C=O) groups is 1. The number of sulfonamides is 1. The Morgan fingerprint density at radius 3 is 2.21 bits per heavy atom. The molecule has 2 rings (SSSR count). The van der Waals surface area contributed by atoms with Gasteiger partial charge in [0.25, 0.3) is 0 Å². The summed E-state index contributed by atoms with van der Waals surface area (Å²) >= 11 is 0. The SMILES string of the molecule is CCOc1ccc(CC(=O)Nc2cc(S(=O)(=O)N(CC)CC)cc(C)c2C)cc1. The molecule has 0 radical (unpaired) electrons. The van der Waals surface area contributed by atoms with Gasteiger partial charge < -0.3 is 10.1 Å². The number of anilines is 1. The molecule has 0 fully saturated rings. The normalized spacial score (nSPS) is 11.5. The molecular weight excluding hydrogens is 388 g/mol. The van der Waals surface area contributed by atoms with Gasteiger partial charge in [-0.15, -0.1) is 0 Å². The number of carbonyl (C=O) groups excluding carboxylic acids is 1. The molecule has 1 amide bonds. The Hall–Kier alpha value is -2.38. The van der Waals surface area contributed by atoms with Crippen LogP contribution in [0.2, 0.25) is 0 Å². The number of ether oxygens (including phenoxy) is 1. The summed E-state index contributed by atoms with van der Waals surface area (Å²) in [7, 11) is -3.60. The van der Waals surface area contributed by atoms with Gasteiger partial charge in [0.1, 0.15) is 5.75 Å². The fourth-order valence-electron chi connectivity index (χ4n) is 3.07. The van der Waals surface area contributed by atoms with Crippen molar-refractivity contribution >= 4 is 21.6 Å². The van der Waals surface area contributed by atoms with E-state index in [0.29, 0.717) is 25.4 Å². The highest BCUT2D eigenvalue weighted by atomic mass is 32.2. The van der Waals surface area contributed by atoms with E-state index in [1.165, 1.54) is 4.31 Å². The highest BCUT2D eigenvalue weighted by Crippen LogP contribution is 2.26. The largest absolute Gasteiger partial charge is 0.494 e. The van der Waals surface area contributed by atoms with E-state index in [4.69, 9.17) is 4.74 Å². The standard InChI is InChI=1S/C22H30N2O4S/c1-6-24(7-2)29(26,27)20-13-16(4)17(5)21(15-20)23-22(25)14-18-9-11-19(12-10-18)28-8-3/h9-13,15H,6-8,14H2,1-5H3,(H,23,25). The highest BCUT2D eigenvalue weighted by molar-refractivity contribution is 7.89. The molecule has 0 saturated heterocycles. The van der Waals surface area contributed by atoms with E-state index in [2.05, 4.69) is 5.32 Å². The fraction of sp³-hybridized carbons (Fsp3) is 0.409. The van der Waals surface area contributed by atoms with Gasteiger partial charge in [0.05, 0.1) is 17.9 Å². The van der Waals surface area contributed by atoms with Crippen LogP contribution in [0.4, 0.5) is 5.69 Å². The van der Waals surface area contributed by atoms with Crippen molar-refractivity contribution in [2.75, 3.05) is 25.0 Å². The maximum Gasteiger partial charge on any atom is 0.243 e. The molecule has 0 spiro atoms. The molecular formula is C22H30N2O4S. The summed E-state index contributed by atoms with van der Waals surface area (Å²) < 4.78 is 32.6. The fourth-order valence-corrected chi connectivity index (χ4v) is 4.64. The molecule has 158 valence electrons. The van der Waals surface area contributed by atoms with Gasteiger partial charge in [-0.05, 0) is 61.7 Å². The van der Waals surface area contributed by atoms with Crippen LogP contribution in [-0.2, 0) is 21.2 Å². The first kappa shape index (κ1) is 22.9. The number of amides is 1. The van der Waals surface area contributed by atoms with Crippen LogP contribution in [0.5, 0.6) is 5.75 Å². The Morgan fingerprint density at radius 2 is 1.66 bits per heavy atom. The first-order valence-electron chi connectivity index (χ1n) is 9.85. The van der Waals surface area contributed by atoms with Crippen LogP contribution in [0.25, 0.3) is 0 Å². The topological polar surface area (TPSA) is 75.7 Å². The van der Waals surface area contributed by atoms with Crippen molar-refractivity contribution in [2.45, 2.75) is 45.9 Å². The molecule has 29 heavy (non-hydrogen) atoms. The summed E-state index contributed by atoms with van der Waals surface area (Å²) in [5.41, 5.74) is 3.04. The lowest BCUT2D eigenvalue weighted by molar-refractivity contribution is -0.115. The van der Waals surface area contributed by atoms with E-state index in [1.807, 2.05) is 58.9 Å². The Kier molecular flexibility index (Phi) is 7.81. The second-order valence-corrected chi connectivity index (χ2v) is 8.74. The third-order valence-electron chi connectivity index (χ3n) is 4.86. The molecule has 2 aromatic rings. The molecule has 0 bridgehead atoms.